The minimum absolute atomic E-state index is 0.0565. The van der Waals surface area contributed by atoms with Crippen LogP contribution in [0, 0.1) is 17.8 Å². The predicted octanol–water partition coefficient (Wildman–Crippen LogP) is 3.29. The van der Waals surface area contributed by atoms with Crippen LogP contribution in [0.2, 0.25) is 0 Å². The van der Waals surface area contributed by atoms with Crippen LogP contribution < -0.4 is 0 Å². The Labute approximate surface area is 88.9 Å². The van der Waals surface area contributed by atoms with Crippen LogP contribution in [0.15, 0.2) is 12.3 Å². The average Bonchev–Trinajstić information content (AvgIpc) is 2.45. The second-order valence-corrected chi connectivity index (χ2v) is 4.70. The van der Waals surface area contributed by atoms with Crippen LogP contribution in [0.4, 0.5) is 13.2 Å². The molecule has 0 aromatic rings. The number of halogens is 3. The van der Waals surface area contributed by atoms with Gasteiger partial charge in [0.2, 0.25) is 0 Å². The molecule has 1 aliphatic heterocycles. The molecule has 4 heteroatoms. The van der Waals surface area contributed by atoms with Crippen molar-refractivity contribution in [1.82, 2.24) is 4.90 Å². The van der Waals surface area contributed by atoms with E-state index in [0.29, 0.717) is 6.54 Å². The minimum Gasteiger partial charge on any atom is -0.375 e. The molecule has 2 unspecified atom stereocenters. The highest BCUT2D eigenvalue weighted by Gasteiger charge is 2.50. The first-order chi connectivity index (χ1) is 6.73. The number of allylic oxidation sites excluding steroid dienone is 1. The van der Waals surface area contributed by atoms with Crippen molar-refractivity contribution in [3.63, 3.8) is 0 Å². The lowest BCUT2D eigenvalue weighted by atomic mass is 9.86. The van der Waals surface area contributed by atoms with Gasteiger partial charge in [0.05, 0.1) is 5.92 Å². The molecule has 0 spiro atoms. The van der Waals surface area contributed by atoms with Crippen molar-refractivity contribution < 1.29 is 13.2 Å². The molecule has 0 N–H and O–H groups in total. The Hall–Kier alpha value is -0.670. The Kier molecular flexibility index (Phi) is 3.36. The average molecular weight is 221 g/mol. The van der Waals surface area contributed by atoms with E-state index >= 15 is 0 Å². The van der Waals surface area contributed by atoms with Gasteiger partial charge in [-0.1, -0.05) is 20.4 Å². The Balaban J connectivity index is 2.81. The highest BCUT2D eigenvalue weighted by molar-refractivity contribution is 4.99. The molecule has 2 atom stereocenters. The van der Waals surface area contributed by atoms with Gasteiger partial charge >= 0.3 is 6.18 Å². The summed E-state index contributed by atoms with van der Waals surface area (Å²) in [6.45, 7) is 9.73. The zero-order chi connectivity index (χ0) is 11.8. The highest BCUT2D eigenvalue weighted by Crippen LogP contribution is 2.41. The first-order valence-corrected chi connectivity index (χ1v) is 5.20. The van der Waals surface area contributed by atoms with Crippen molar-refractivity contribution in [2.75, 3.05) is 13.1 Å². The maximum atomic E-state index is 12.8. The monoisotopic (exact) mass is 221 g/mol. The van der Waals surface area contributed by atoms with Gasteiger partial charge in [-0.15, -0.1) is 0 Å². The van der Waals surface area contributed by atoms with E-state index in [1.165, 1.54) is 0 Å². The smallest absolute Gasteiger partial charge is 0.375 e. The largest absolute Gasteiger partial charge is 0.393 e. The molecule has 15 heavy (non-hydrogen) atoms. The second-order valence-electron chi connectivity index (χ2n) is 4.70. The van der Waals surface area contributed by atoms with Gasteiger partial charge in [-0.3, -0.25) is 0 Å². The maximum absolute atomic E-state index is 12.8. The van der Waals surface area contributed by atoms with Crippen molar-refractivity contribution in [2.45, 2.75) is 26.9 Å². The molecule has 0 aromatic carbocycles. The lowest BCUT2D eigenvalue weighted by Gasteiger charge is -2.23. The molecular formula is C11H18F3N. The number of hydrogen-bond donors (Lipinski definition) is 0. The summed E-state index contributed by atoms with van der Waals surface area (Å²) in [6.07, 6.45) is -4.08. The first-order valence-electron chi connectivity index (χ1n) is 5.20. The lowest BCUT2D eigenvalue weighted by molar-refractivity contribution is -0.183. The normalized spacial score (nSPS) is 27.5. The van der Waals surface area contributed by atoms with Crippen LogP contribution in [0.1, 0.15) is 20.8 Å². The van der Waals surface area contributed by atoms with E-state index in [0.717, 1.165) is 5.70 Å². The van der Waals surface area contributed by atoms with Gasteiger partial charge in [-0.25, -0.2) is 0 Å². The molecule has 1 nitrogen and oxygen atoms in total. The second kappa shape index (κ2) is 4.06. The Bertz CT molecular complexity index is 245. The summed E-state index contributed by atoms with van der Waals surface area (Å²) in [5.41, 5.74) is 0.729. The molecule has 1 rings (SSSR count). The van der Waals surface area contributed by atoms with E-state index in [4.69, 9.17) is 0 Å². The third kappa shape index (κ3) is 2.67. The molecule has 0 aromatic heterocycles. The van der Waals surface area contributed by atoms with E-state index in [1.807, 2.05) is 13.8 Å². The van der Waals surface area contributed by atoms with Gasteiger partial charge in [0.15, 0.2) is 0 Å². The fourth-order valence-electron chi connectivity index (χ4n) is 2.16. The van der Waals surface area contributed by atoms with E-state index in [9.17, 15) is 13.2 Å². The topological polar surface area (TPSA) is 3.24 Å². The van der Waals surface area contributed by atoms with Crippen LogP contribution in [0.25, 0.3) is 0 Å². The van der Waals surface area contributed by atoms with E-state index < -0.39 is 12.1 Å². The summed E-state index contributed by atoms with van der Waals surface area (Å²) in [4.78, 5) is 1.74. The third-order valence-electron chi connectivity index (χ3n) is 3.18. The first kappa shape index (κ1) is 12.4. The Morgan fingerprint density at radius 3 is 2.13 bits per heavy atom. The highest BCUT2D eigenvalue weighted by atomic mass is 19.4. The number of nitrogens with zero attached hydrogens (tertiary/aromatic N) is 1. The van der Waals surface area contributed by atoms with Crippen molar-refractivity contribution in [2.24, 2.45) is 17.8 Å². The van der Waals surface area contributed by atoms with Gasteiger partial charge in [0.25, 0.3) is 0 Å². The Morgan fingerprint density at radius 2 is 1.87 bits per heavy atom. The molecule has 0 saturated carbocycles. The fourth-order valence-corrected chi connectivity index (χ4v) is 2.16. The van der Waals surface area contributed by atoms with E-state index in [1.54, 1.807) is 11.8 Å². The molecule has 1 fully saturated rings. The van der Waals surface area contributed by atoms with E-state index in [-0.39, 0.29) is 18.4 Å². The standard InChI is InChI=1S/C11H18F3N/c1-7(2)9-5-15(8(3)4)6-10(9)11(12,13)14/h7,9-10H,3,5-6H2,1-2,4H3. The minimum atomic E-state index is -4.08. The zero-order valence-corrected chi connectivity index (χ0v) is 9.43. The molecule has 0 bridgehead atoms. The molecule has 0 radical (unpaired) electrons. The number of likely N-dealkylation sites (tertiary alicyclic amines) is 1. The van der Waals surface area contributed by atoms with Crippen LogP contribution in [-0.2, 0) is 0 Å². The summed E-state index contributed by atoms with van der Waals surface area (Å²) in [5.74, 6) is -1.45. The number of alkyl halides is 3. The Morgan fingerprint density at radius 1 is 1.33 bits per heavy atom. The zero-order valence-electron chi connectivity index (χ0n) is 9.43. The van der Waals surface area contributed by atoms with Gasteiger partial charge in [-0.05, 0) is 18.8 Å². The van der Waals surface area contributed by atoms with Crippen molar-refractivity contribution >= 4 is 0 Å². The van der Waals surface area contributed by atoms with Gasteiger partial charge < -0.3 is 4.90 Å². The summed E-state index contributed by atoms with van der Waals surface area (Å²) in [5, 5.41) is 0. The van der Waals surface area contributed by atoms with Crippen LogP contribution in [0.3, 0.4) is 0 Å². The number of hydrogen-bond acceptors (Lipinski definition) is 1. The summed E-state index contributed by atoms with van der Waals surface area (Å²) < 4.78 is 38.3. The SMILES string of the molecule is C=C(C)N1CC(C(C)C)C(C(F)(F)F)C1. The lowest BCUT2D eigenvalue weighted by Crippen LogP contribution is -2.32. The maximum Gasteiger partial charge on any atom is 0.393 e. The molecule has 0 amide bonds. The van der Waals surface area contributed by atoms with Crippen LogP contribution in [-0.4, -0.2) is 24.2 Å². The van der Waals surface area contributed by atoms with Gasteiger partial charge in [0.1, 0.15) is 0 Å². The van der Waals surface area contributed by atoms with Crippen molar-refractivity contribution in [1.29, 1.82) is 0 Å². The third-order valence-corrected chi connectivity index (χ3v) is 3.18. The number of rotatable bonds is 2. The van der Waals surface area contributed by atoms with Gasteiger partial charge in [-0.2, -0.15) is 13.2 Å². The summed E-state index contributed by atoms with van der Waals surface area (Å²) >= 11 is 0. The fraction of sp³-hybridized carbons (Fsp3) is 0.818. The van der Waals surface area contributed by atoms with Crippen molar-refractivity contribution in [3.05, 3.63) is 12.3 Å². The van der Waals surface area contributed by atoms with E-state index in [2.05, 4.69) is 6.58 Å². The van der Waals surface area contributed by atoms with Gasteiger partial charge in [0, 0.05) is 18.8 Å². The predicted molar refractivity (Wildman–Crippen MR) is 54.3 cm³/mol. The van der Waals surface area contributed by atoms with Crippen LogP contribution in [0.5, 0.6) is 0 Å². The quantitative estimate of drug-likeness (QED) is 0.691. The summed E-state index contributed by atoms with van der Waals surface area (Å²) in [7, 11) is 0. The van der Waals surface area contributed by atoms with Crippen molar-refractivity contribution in [3.8, 4) is 0 Å². The molecule has 1 aliphatic rings. The summed E-state index contributed by atoms with van der Waals surface area (Å²) in [6, 6.07) is 0. The molecule has 0 aliphatic carbocycles. The van der Waals surface area contributed by atoms with Crippen LogP contribution >= 0.6 is 0 Å². The molecular weight excluding hydrogens is 203 g/mol. The molecule has 1 heterocycles. The molecule has 88 valence electrons. The molecule has 1 saturated heterocycles.